The van der Waals surface area contributed by atoms with Crippen LogP contribution in [0.5, 0.6) is 0 Å². The fourth-order valence-corrected chi connectivity index (χ4v) is 2.42. The lowest BCUT2D eigenvalue weighted by atomic mass is 9.83. The molecule has 1 saturated carbocycles. The van der Waals surface area contributed by atoms with Gasteiger partial charge in [0.1, 0.15) is 0 Å². The third-order valence-corrected chi connectivity index (χ3v) is 3.39. The molecule has 0 amide bonds. The van der Waals surface area contributed by atoms with Crippen molar-refractivity contribution in [3.63, 3.8) is 0 Å². The van der Waals surface area contributed by atoms with E-state index in [0.717, 1.165) is 24.8 Å². The van der Waals surface area contributed by atoms with Crippen molar-refractivity contribution in [3.05, 3.63) is 0 Å². The van der Waals surface area contributed by atoms with E-state index in [0.29, 0.717) is 6.04 Å². The van der Waals surface area contributed by atoms with Gasteiger partial charge < -0.3 is 5.32 Å². The predicted molar refractivity (Wildman–Crippen MR) is 69.1 cm³/mol. The molecule has 1 rings (SSSR count). The van der Waals surface area contributed by atoms with E-state index in [1.54, 1.807) is 0 Å². The molecule has 0 aromatic carbocycles. The standard InChI is InChI=1S/C12H26N4/c1-3-9-14-12(16-13)15-11-8-6-5-7-10(11)4-2/h10-11H,3-9,13H2,1-2H3,(H2,14,15,16). The summed E-state index contributed by atoms with van der Waals surface area (Å²) in [5.74, 6) is 7.00. The third-order valence-electron chi connectivity index (χ3n) is 3.39. The third kappa shape index (κ3) is 4.00. The van der Waals surface area contributed by atoms with Crippen LogP contribution < -0.4 is 16.6 Å². The Morgan fingerprint density at radius 2 is 2.06 bits per heavy atom. The summed E-state index contributed by atoms with van der Waals surface area (Å²) >= 11 is 0. The maximum atomic E-state index is 5.47. The van der Waals surface area contributed by atoms with Crippen LogP contribution in [0.3, 0.4) is 0 Å². The Labute approximate surface area is 99.1 Å². The van der Waals surface area contributed by atoms with Gasteiger partial charge in [-0.1, -0.05) is 33.1 Å². The van der Waals surface area contributed by atoms with E-state index in [1.807, 2.05) is 0 Å². The number of hydrazine groups is 1. The van der Waals surface area contributed by atoms with Crippen LogP contribution in [-0.4, -0.2) is 18.5 Å². The van der Waals surface area contributed by atoms with Gasteiger partial charge in [-0.2, -0.15) is 0 Å². The maximum absolute atomic E-state index is 5.47. The van der Waals surface area contributed by atoms with Gasteiger partial charge in [0, 0.05) is 12.6 Å². The van der Waals surface area contributed by atoms with Crippen LogP contribution in [-0.2, 0) is 0 Å². The second kappa shape index (κ2) is 7.49. The van der Waals surface area contributed by atoms with Crippen LogP contribution in [0.25, 0.3) is 0 Å². The van der Waals surface area contributed by atoms with E-state index >= 15 is 0 Å². The Balaban J connectivity index is 2.48. The van der Waals surface area contributed by atoms with Gasteiger partial charge in [-0.15, -0.1) is 0 Å². The topological polar surface area (TPSA) is 62.4 Å². The summed E-state index contributed by atoms with van der Waals surface area (Å²) in [7, 11) is 0. The van der Waals surface area contributed by atoms with Crippen LogP contribution in [0.15, 0.2) is 4.99 Å². The van der Waals surface area contributed by atoms with Gasteiger partial charge in [-0.25, -0.2) is 5.84 Å². The van der Waals surface area contributed by atoms with Crippen molar-refractivity contribution >= 4 is 5.96 Å². The molecule has 0 heterocycles. The molecule has 0 aromatic heterocycles. The fraction of sp³-hybridized carbons (Fsp3) is 0.917. The highest BCUT2D eigenvalue weighted by atomic mass is 15.3. The van der Waals surface area contributed by atoms with E-state index < -0.39 is 0 Å². The number of guanidine groups is 1. The molecule has 0 spiro atoms. The van der Waals surface area contributed by atoms with Gasteiger partial charge in [0.15, 0.2) is 0 Å². The minimum absolute atomic E-state index is 0.547. The first-order valence-corrected chi connectivity index (χ1v) is 6.59. The molecule has 0 bridgehead atoms. The number of aliphatic imine (C=N–C) groups is 1. The van der Waals surface area contributed by atoms with Crippen molar-refractivity contribution in [1.82, 2.24) is 10.7 Å². The van der Waals surface area contributed by atoms with Crippen LogP contribution >= 0.6 is 0 Å². The molecule has 0 aliphatic heterocycles. The molecular formula is C12H26N4. The van der Waals surface area contributed by atoms with Gasteiger partial charge in [0.05, 0.1) is 0 Å². The lowest BCUT2D eigenvalue weighted by Gasteiger charge is -2.32. The van der Waals surface area contributed by atoms with E-state index in [1.165, 1.54) is 32.1 Å². The largest absolute Gasteiger partial charge is 0.352 e. The van der Waals surface area contributed by atoms with Crippen molar-refractivity contribution < 1.29 is 0 Å². The average Bonchev–Trinajstić information content (AvgIpc) is 2.34. The molecule has 1 aliphatic carbocycles. The summed E-state index contributed by atoms with van der Waals surface area (Å²) in [6.45, 7) is 5.21. The predicted octanol–water partition coefficient (Wildman–Crippen LogP) is 1.77. The minimum atomic E-state index is 0.547. The molecule has 4 N–H and O–H groups in total. The quantitative estimate of drug-likeness (QED) is 0.296. The molecular weight excluding hydrogens is 200 g/mol. The Kier molecular flexibility index (Phi) is 6.23. The van der Waals surface area contributed by atoms with Gasteiger partial charge in [0.2, 0.25) is 5.96 Å². The summed E-state index contributed by atoms with van der Waals surface area (Å²) in [4.78, 5) is 4.39. The molecule has 4 heteroatoms. The highest BCUT2D eigenvalue weighted by Gasteiger charge is 2.23. The normalized spacial score (nSPS) is 26.6. The summed E-state index contributed by atoms with van der Waals surface area (Å²) < 4.78 is 0. The summed E-state index contributed by atoms with van der Waals surface area (Å²) in [5, 5.41) is 3.46. The maximum Gasteiger partial charge on any atom is 0.205 e. The highest BCUT2D eigenvalue weighted by molar-refractivity contribution is 5.79. The molecule has 2 atom stereocenters. The summed E-state index contributed by atoms with van der Waals surface area (Å²) in [5.41, 5.74) is 2.67. The lowest BCUT2D eigenvalue weighted by molar-refractivity contribution is 0.278. The van der Waals surface area contributed by atoms with Crippen LogP contribution in [0.4, 0.5) is 0 Å². The Bertz CT molecular complexity index is 215. The second-order valence-electron chi connectivity index (χ2n) is 4.58. The summed E-state index contributed by atoms with van der Waals surface area (Å²) in [6.07, 6.45) is 7.55. The monoisotopic (exact) mass is 226 g/mol. The zero-order valence-electron chi connectivity index (χ0n) is 10.6. The zero-order chi connectivity index (χ0) is 11.8. The first-order valence-electron chi connectivity index (χ1n) is 6.59. The Morgan fingerprint density at radius 3 is 2.69 bits per heavy atom. The average molecular weight is 226 g/mol. The van der Waals surface area contributed by atoms with E-state index in [9.17, 15) is 0 Å². The molecule has 0 radical (unpaired) electrons. The Morgan fingerprint density at radius 1 is 1.31 bits per heavy atom. The van der Waals surface area contributed by atoms with E-state index in [4.69, 9.17) is 5.84 Å². The molecule has 0 saturated heterocycles. The van der Waals surface area contributed by atoms with Crippen LogP contribution in [0.2, 0.25) is 0 Å². The number of nitrogens with one attached hydrogen (secondary N) is 2. The number of nitrogens with two attached hydrogens (primary N) is 1. The van der Waals surface area contributed by atoms with Gasteiger partial charge in [-0.3, -0.25) is 10.4 Å². The van der Waals surface area contributed by atoms with E-state index in [-0.39, 0.29) is 0 Å². The van der Waals surface area contributed by atoms with Crippen LogP contribution in [0.1, 0.15) is 52.4 Å². The van der Waals surface area contributed by atoms with Crippen molar-refractivity contribution in [2.24, 2.45) is 16.8 Å². The van der Waals surface area contributed by atoms with Gasteiger partial charge >= 0.3 is 0 Å². The summed E-state index contributed by atoms with van der Waals surface area (Å²) in [6, 6.07) is 0.547. The second-order valence-corrected chi connectivity index (χ2v) is 4.58. The van der Waals surface area contributed by atoms with Gasteiger partial charge in [0.25, 0.3) is 0 Å². The molecule has 2 unspecified atom stereocenters. The SMILES string of the molecule is CCCN=C(NN)NC1CCCCC1CC. The zero-order valence-corrected chi connectivity index (χ0v) is 10.6. The highest BCUT2D eigenvalue weighted by Crippen LogP contribution is 2.26. The van der Waals surface area contributed by atoms with Crippen molar-refractivity contribution in [1.29, 1.82) is 0 Å². The smallest absolute Gasteiger partial charge is 0.205 e. The molecule has 1 aliphatic rings. The number of rotatable bonds is 4. The van der Waals surface area contributed by atoms with Crippen molar-refractivity contribution in [3.8, 4) is 0 Å². The van der Waals surface area contributed by atoms with Crippen molar-refractivity contribution in [2.75, 3.05) is 6.54 Å². The molecule has 0 aromatic rings. The van der Waals surface area contributed by atoms with Crippen LogP contribution in [0, 0.1) is 5.92 Å². The number of hydrogen-bond acceptors (Lipinski definition) is 2. The minimum Gasteiger partial charge on any atom is -0.352 e. The van der Waals surface area contributed by atoms with Gasteiger partial charge in [-0.05, 0) is 25.2 Å². The van der Waals surface area contributed by atoms with E-state index in [2.05, 4.69) is 29.6 Å². The lowest BCUT2D eigenvalue weighted by Crippen LogP contribution is -2.49. The first-order chi connectivity index (χ1) is 7.81. The molecule has 1 fully saturated rings. The molecule has 94 valence electrons. The molecule has 4 nitrogen and oxygen atoms in total. The van der Waals surface area contributed by atoms with Crippen molar-refractivity contribution in [2.45, 2.75) is 58.4 Å². The number of hydrogen-bond donors (Lipinski definition) is 3. The fourth-order valence-electron chi connectivity index (χ4n) is 2.42. The Hall–Kier alpha value is -0.770. The number of nitrogens with zero attached hydrogens (tertiary/aromatic N) is 1. The molecule has 16 heavy (non-hydrogen) atoms. The first kappa shape index (κ1) is 13.3.